The van der Waals surface area contributed by atoms with Crippen LogP contribution in [0.2, 0.25) is 0 Å². The number of rotatable bonds is 3. The monoisotopic (exact) mass is 495 g/mol. The minimum absolute atomic E-state index is 0.0319. The SMILES string of the molecule is C[C@H]1CN(C(=O)OC(C)(C)C)CCN1c1ncnc2c1c(C1CCOCC1)cn2-c1cccc(F)c1. The molecule has 3 aromatic rings. The first-order valence-corrected chi connectivity index (χ1v) is 12.7. The van der Waals surface area contributed by atoms with Crippen LogP contribution in [-0.2, 0) is 9.47 Å². The zero-order chi connectivity index (χ0) is 25.4. The maximum absolute atomic E-state index is 14.1. The van der Waals surface area contributed by atoms with Crippen LogP contribution < -0.4 is 4.90 Å². The quantitative estimate of drug-likeness (QED) is 0.515. The summed E-state index contributed by atoms with van der Waals surface area (Å²) in [5, 5.41) is 0.992. The number of halogens is 1. The molecule has 2 aliphatic heterocycles. The van der Waals surface area contributed by atoms with Gasteiger partial charge < -0.3 is 23.8 Å². The average molecular weight is 496 g/mol. The van der Waals surface area contributed by atoms with Crippen LogP contribution in [0.25, 0.3) is 16.7 Å². The number of hydrogen-bond donors (Lipinski definition) is 0. The number of benzene rings is 1. The number of fused-ring (bicyclic) bond motifs is 1. The van der Waals surface area contributed by atoms with E-state index in [0.29, 0.717) is 38.8 Å². The Kier molecular flexibility index (Phi) is 6.59. The van der Waals surface area contributed by atoms with Crippen molar-refractivity contribution < 1.29 is 18.7 Å². The predicted molar refractivity (Wildman–Crippen MR) is 136 cm³/mol. The summed E-state index contributed by atoms with van der Waals surface area (Å²) < 4.78 is 27.3. The summed E-state index contributed by atoms with van der Waals surface area (Å²) in [5.74, 6) is 0.871. The van der Waals surface area contributed by atoms with E-state index < -0.39 is 5.60 Å². The Balaban J connectivity index is 1.54. The van der Waals surface area contributed by atoms with Gasteiger partial charge in [0, 0.05) is 50.8 Å². The molecule has 1 aromatic carbocycles. The van der Waals surface area contributed by atoms with Crippen LogP contribution in [0.3, 0.4) is 0 Å². The van der Waals surface area contributed by atoms with Crippen molar-refractivity contribution in [3.63, 3.8) is 0 Å². The molecule has 0 radical (unpaired) electrons. The van der Waals surface area contributed by atoms with Crippen LogP contribution in [0, 0.1) is 5.82 Å². The molecule has 2 saturated heterocycles. The highest BCUT2D eigenvalue weighted by molar-refractivity contribution is 5.93. The Bertz CT molecular complexity index is 1250. The summed E-state index contributed by atoms with van der Waals surface area (Å²) in [5.41, 5.74) is 2.11. The lowest BCUT2D eigenvalue weighted by Crippen LogP contribution is -2.54. The van der Waals surface area contributed by atoms with Crippen molar-refractivity contribution in [2.24, 2.45) is 0 Å². The maximum Gasteiger partial charge on any atom is 0.410 e. The van der Waals surface area contributed by atoms with Gasteiger partial charge in [0.05, 0.1) is 5.39 Å². The van der Waals surface area contributed by atoms with Crippen LogP contribution in [0.1, 0.15) is 52.0 Å². The zero-order valence-corrected chi connectivity index (χ0v) is 21.4. The van der Waals surface area contributed by atoms with Gasteiger partial charge in [-0.25, -0.2) is 19.2 Å². The normalized spacial score (nSPS) is 19.6. The number of piperazine rings is 1. The number of ether oxygens (including phenoxy) is 2. The number of carbonyl (C=O) groups excluding carboxylic acids is 1. The number of anilines is 1. The summed E-state index contributed by atoms with van der Waals surface area (Å²) in [7, 11) is 0. The van der Waals surface area contributed by atoms with E-state index in [1.807, 2.05) is 31.4 Å². The Morgan fingerprint density at radius 1 is 1.17 bits per heavy atom. The fourth-order valence-electron chi connectivity index (χ4n) is 5.20. The summed E-state index contributed by atoms with van der Waals surface area (Å²) in [4.78, 5) is 26.1. The predicted octanol–water partition coefficient (Wildman–Crippen LogP) is 4.90. The minimum Gasteiger partial charge on any atom is -0.444 e. The molecule has 2 fully saturated rings. The van der Waals surface area contributed by atoms with Crippen molar-refractivity contribution in [2.75, 3.05) is 37.7 Å². The van der Waals surface area contributed by atoms with E-state index in [4.69, 9.17) is 14.5 Å². The van der Waals surface area contributed by atoms with Crippen LogP contribution in [0.5, 0.6) is 0 Å². The van der Waals surface area contributed by atoms with Crippen molar-refractivity contribution >= 4 is 22.9 Å². The number of carbonyl (C=O) groups is 1. The average Bonchev–Trinajstić information content (AvgIpc) is 3.24. The molecule has 192 valence electrons. The number of amides is 1. The Morgan fingerprint density at radius 3 is 2.64 bits per heavy atom. The highest BCUT2D eigenvalue weighted by atomic mass is 19.1. The van der Waals surface area contributed by atoms with Crippen molar-refractivity contribution in [3.8, 4) is 5.69 Å². The molecule has 2 aromatic heterocycles. The van der Waals surface area contributed by atoms with Gasteiger partial charge in [0.15, 0.2) is 0 Å². The third-order valence-corrected chi connectivity index (χ3v) is 6.89. The lowest BCUT2D eigenvalue weighted by molar-refractivity contribution is 0.0218. The third kappa shape index (κ3) is 4.89. The smallest absolute Gasteiger partial charge is 0.410 e. The molecule has 0 bridgehead atoms. The first-order chi connectivity index (χ1) is 17.2. The highest BCUT2D eigenvalue weighted by Crippen LogP contribution is 2.39. The van der Waals surface area contributed by atoms with E-state index in [0.717, 1.165) is 40.9 Å². The number of nitrogens with zero attached hydrogens (tertiary/aromatic N) is 5. The van der Waals surface area contributed by atoms with E-state index in [1.54, 1.807) is 17.3 Å². The minimum atomic E-state index is -0.533. The second kappa shape index (κ2) is 9.69. The summed E-state index contributed by atoms with van der Waals surface area (Å²) in [6, 6.07) is 6.60. The van der Waals surface area contributed by atoms with Gasteiger partial charge in [0.2, 0.25) is 0 Å². The van der Waals surface area contributed by atoms with Crippen LogP contribution in [-0.4, -0.2) is 70.0 Å². The van der Waals surface area contributed by atoms with Gasteiger partial charge >= 0.3 is 6.09 Å². The molecule has 5 rings (SSSR count). The molecular weight excluding hydrogens is 461 g/mol. The largest absolute Gasteiger partial charge is 0.444 e. The van der Waals surface area contributed by atoms with E-state index in [1.165, 1.54) is 12.1 Å². The molecule has 0 aliphatic carbocycles. The topological polar surface area (TPSA) is 72.7 Å². The summed E-state index contributed by atoms with van der Waals surface area (Å²) in [6.45, 7) is 10.9. The third-order valence-electron chi connectivity index (χ3n) is 6.89. The van der Waals surface area contributed by atoms with Crippen LogP contribution in [0.4, 0.5) is 15.0 Å². The van der Waals surface area contributed by atoms with Gasteiger partial charge in [0.1, 0.15) is 29.2 Å². The molecular formula is C27H34FN5O3. The van der Waals surface area contributed by atoms with Gasteiger partial charge in [0.25, 0.3) is 0 Å². The Morgan fingerprint density at radius 2 is 1.94 bits per heavy atom. The van der Waals surface area contributed by atoms with E-state index in [9.17, 15) is 9.18 Å². The molecule has 4 heterocycles. The molecule has 1 atom stereocenters. The fourth-order valence-corrected chi connectivity index (χ4v) is 5.20. The van der Waals surface area contributed by atoms with Gasteiger partial charge in [-0.15, -0.1) is 0 Å². The molecule has 36 heavy (non-hydrogen) atoms. The molecule has 0 saturated carbocycles. The van der Waals surface area contributed by atoms with Crippen molar-refractivity contribution in [1.29, 1.82) is 0 Å². The summed E-state index contributed by atoms with van der Waals surface area (Å²) in [6.07, 6.45) is 5.21. The van der Waals surface area contributed by atoms with Crippen LogP contribution in [0.15, 0.2) is 36.8 Å². The second-order valence-electron chi connectivity index (χ2n) is 10.7. The lowest BCUT2D eigenvalue weighted by Gasteiger charge is -2.41. The molecule has 0 spiro atoms. The van der Waals surface area contributed by atoms with Crippen molar-refractivity contribution in [3.05, 3.63) is 48.2 Å². The molecule has 9 heteroatoms. The second-order valence-corrected chi connectivity index (χ2v) is 10.7. The molecule has 1 amide bonds. The van der Waals surface area contributed by atoms with Crippen LogP contribution >= 0.6 is 0 Å². The Hall–Kier alpha value is -3.20. The van der Waals surface area contributed by atoms with Crippen molar-refractivity contribution in [2.45, 2.75) is 58.1 Å². The zero-order valence-electron chi connectivity index (χ0n) is 21.4. The molecule has 2 aliphatic rings. The Labute approximate surface area is 211 Å². The highest BCUT2D eigenvalue weighted by Gasteiger charge is 2.33. The first kappa shape index (κ1) is 24.5. The number of hydrogen-bond acceptors (Lipinski definition) is 6. The number of aromatic nitrogens is 3. The van der Waals surface area contributed by atoms with Gasteiger partial charge in [-0.3, -0.25) is 0 Å². The van der Waals surface area contributed by atoms with Gasteiger partial charge in [-0.1, -0.05) is 6.07 Å². The van der Waals surface area contributed by atoms with Gasteiger partial charge in [-0.05, 0) is 70.2 Å². The molecule has 0 unspecified atom stereocenters. The van der Waals surface area contributed by atoms with E-state index >= 15 is 0 Å². The van der Waals surface area contributed by atoms with Gasteiger partial charge in [-0.2, -0.15) is 0 Å². The lowest BCUT2D eigenvalue weighted by atomic mass is 9.91. The fraction of sp³-hybridized carbons (Fsp3) is 0.519. The van der Waals surface area contributed by atoms with Crippen molar-refractivity contribution in [1.82, 2.24) is 19.4 Å². The van der Waals surface area contributed by atoms with E-state index in [-0.39, 0.29) is 18.0 Å². The molecule has 8 nitrogen and oxygen atoms in total. The van der Waals surface area contributed by atoms with E-state index in [2.05, 4.69) is 23.0 Å². The first-order valence-electron chi connectivity index (χ1n) is 12.7. The molecule has 0 N–H and O–H groups in total. The summed E-state index contributed by atoms with van der Waals surface area (Å²) >= 11 is 0. The maximum atomic E-state index is 14.1. The standard InChI is InChI=1S/C27H34FN5O3/c1-18-15-31(26(34)36-27(2,3)4)10-11-32(18)24-23-22(19-8-12-35-13-9-19)16-33(25(23)30-17-29-24)21-7-5-6-20(28)14-21/h5-7,14,16-19H,8-13,15H2,1-4H3/t18-/m0/s1.